The van der Waals surface area contributed by atoms with Crippen molar-refractivity contribution in [2.24, 2.45) is 0 Å². The van der Waals surface area contributed by atoms with Gasteiger partial charge in [-0.25, -0.2) is 8.42 Å². The van der Waals surface area contributed by atoms with Crippen LogP contribution in [-0.2, 0) is 24.5 Å². The minimum absolute atomic E-state index is 0.337. The number of aryl methyl sites for hydroxylation is 1. The summed E-state index contributed by atoms with van der Waals surface area (Å²) < 4.78 is 42.8. The minimum Gasteiger partial charge on any atom is -0.219 e. The van der Waals surface area contributed by atoms with Crippen molar-refractivity contribution in [2.45, 2.75) is 23.1 Å². The maximum Gasteiger partial charge on any atom is 0.317 e. The van der Waals surface area contributed by atoms with Crippen LogP contribution in [0.4, 0.5) is 0 Å². The van der Waals surface area contributed by atoms with E-state index in [9.17, 15) is 8.42 Å². The van der Waals surface area contributed by atoms with Crippen LogP contribution in [0, 0.1) is 0 Å². The molecule has 0 aliphatic heterocycles. The highest BCUT2D eigenvalue weighted by atomic mass is 36.0. The van der Waals surface area contributed by atoms with Crippen LogP contribution in [0.5, 0.6) is 0 Å². The van der Waals surface area contributed by atoms with Gasteiger partial charge in [-0.3, -0.25) is 0 Å². The largest absolute Gasteiger partial charge is 0.317 e. The fourth-order valence-electron chi connectivity index (χ4n) is 1.64. The molecular weight excluding hydrogens is 367 g/mol. The normalized spacial score (nSPS) is 11.4. The quantitative estimate of drug-likeness (QED) is 0.759. The van der Waals surface area contributed by atoms with E-state index in [1.165, 1.54) is 0 Å². The van der Waals surface area contributed by atoms with Gasteiger partial charge < -0.3 is 0 Å². The zero-order chi connectivity index (χ0) is 16.8. The first kappa shape index (κ1) is 19.0. The number of hydrogen-bond acceptors (Lipinski definition) is 4. The highest BCUT2D eigenvalue weighted by molar-refractivity contribution is 8.31. The van der Waals surface area contributed by atoms with E-state index in [0.717, 1.165) is 12.0 Å². The predicted molar refractivity (Wildman–Crippen MR) is 88.3 cm³/mol. The summed E-state index contributed by atoms with van der Waals surface area (Å²) in [6, 6.07) is 15.5. The molecule has 8 heteroatoms. The zero-order valence-electron chi connectivity index (χ0n) is 11.6. The average Bonchev–Trinajstić information content (AvgIpc) is 2.46. The van der Waals surface area contributed by atoms with Crippen LogP contribution >= 0.6 is 21.4 Å². The monoisotopic (exact) mass is 380 g/mol. The molecule has 2 aromatic carbocycles. The second kappa shape index (κ2) is 7.97. The van der Waals surface area contributed by atoms with E-state index in [1.807, 2.05) is 19.1 Å². The first-order valence-electron chi connectivity index (χ1n) is 6.18. The van der Waals surface area contributed by atoms with Crippen molar-refractivity contribution in [3.63, 3.8) is 0 Å². The average molecular weight is 381 g/mol. The van der Waals surface area contributed by atoms with E-state index in [-0.39, 0.29) is 0 Å². The second-order valence-corrected chi connectivity index (χ2v) is 9.81. The van der Waals surface area contributed by atoms with E-state index >= 15 is 0 Å². The van der Waals surface area contributed by atoms with Gasteiger partial charge in [0, 0.05) is 21.4 Å². The number of hydrogen-bond donors (Lipinski definition) is 0. The Morgan fingerprint density at radius 3 is 1.59 bits per heavy atom. The lowest BCUT2D eigenvalue weighted by Crippen LogP contribution is -2.01. The molecule has 0 saturated heterocycles. The molecule has 0 heterocycles. The van der Waals surface area contributed by atoms with Crippen LogP contribution in [0.25, 0.3) is 0 Å². The Morgan fingerprint density at radius 2 is 1.18 bits per heavy atom. The molecule has 0 spiro atoms. The van der Waals surface area contributed by atoms with Crippen LogP contribution in [0.15, 0.2) is 64.4 Å². The van der Waals surface area contributed by atoms with E-state index in [0.29, 0.717) is 9.79 Å². The van der Waals surface area contributed by atoms with E-state index in [4.69, 9.17) is 8.42 Å². The highest BCUT2D eigenvalue weighted by Crippen LogP contribution is 2.20. The fraction of sp³-hybridized carbons (Fsp3) is 0.143. The van der Waals surface area contributed by atoms with Crippen LogP contribution in [0.2, 0.25) is 0 Å². The summed E-state index contributed by atoms with van der Waals surface area (Å²) in [4.78, 5) is 0.685. The molecular formula is C14H14Cl2O4S2. The molecule has 0 radical (unpaired) electrons. The van der Waals surface area contributed by atoms with Gasteiger partial charge in [-0.2, -0.15) is 8.42 Å². The maximum absolute atomic E-state index is 12.2. The van der Waals surface area contributed by atoms with Gasteiger partial charge in [0.1, 0.15) is 0 Å². The molecule has 0 unspecified atom stereocenters. The number of benzene rings is 2. The van der Waals surface area contributed by atoms with Gasteiger partial charge in [0.2, 0.25) is 9.84 Å². The fourth-order valence-corrected chi connectivity index (χ4v) is 2.92. The summed E-state index contributed by atoms with van der Waals surface area (Å²) in [6.45, 7) is 2.04. The molecule has 2 aromatic rings. The summed E-state index contributed by atoms with van der Waals surface area (Å²) in [7, 11) is 1.45. The van der Waals surface area contributed by atoms with Gasteiger partial charge in [-0.05, 0) is 36.2 Å². The van der Waals surface area contributed by atoms with Gasteiger partial charge >= 0.3 is 8.26 Å². The Kier molecular flexibility index (Phi) is 6.87. The van der Waals surface area contributed by atoms with Crippen LogP contribution in [-0.4, -0.2) is 16.8 Å². The van der Waals surface area contributed by atoms with E-state index in [2.05, 4.69) is 21.4 Å². The van der Waals surface area contributed by atoms with Crippen molar-refractivity contribution in [3.05, 3.63) is 60.2 Å². The number of rotatable bonds is 3. The smallest absolute Gasteiger partial charge is 0.219 e. The summed E-state index contributed by atoms with van der Waals surface area (Å²) in [6.07, 6.45) is 0.908. The van der Waals surface area contributed by atoms with Gasteiger partial charge in [0.15, 0.2) is 0 Å². The SMILES string of the molecule is CCc1ccc(S(=O)(=O)c2ccccc2)cc1.O=S(=O)(Cl)Cl. The lowest BCUT2D eigenvalue weighted by atomic mass is 10.2. The molecule has 0 amide bonds. The van der Waals surface area contributed by atoms with Crippen molar-refractivity contribution in [3.8, 4) is 0 Å². The van der Waals surface area contributed by atoms with Gasteiger partial charge in [0.05, 0.1) is 9.79 Å². The van der Waals surface area contributed by atoms with Crippen LogP contribution < -0.4 is 0 Å². The molecule has 0 aromatic heterocycles. The zero-order valence-corrected chi connectivity index (χ0v) is 14.8. The van der Waals surface area contributed by atoms with Crippen LogP contribution in [0.3, 0.4) is 0 Å². The molecule has 0 N–H and O–H groups in total. The number of halogens is 2. The van der Waals surface area contributed by atoms with Crippen molar-refractivity contribution in [1.82, 2.24) is 0 Å². The Hall–Kier alpha value is -1.08. The summed E-state index contributed by atoms with van der Waals surface area (Å²) >= 11 is 0. The first-order chi connectivity index (χ1) is 10.1. The number of sulfone groups is 1. The molecule has 0 bridgehead atoms. The van der Waals surface area contributed by atoms with Crippen molar-refractivity contribution < 1.29 is 16.8 Å². The highest BCUT2D eigenvalue weighted by Gasteiger charge is 2.16. The Bertz CT molecular complexity index is 792. The van der Waals surface area contributed by atoms with Crippen molar-refractivity contribution in [2.75, 3.05) is 0 Å². The molecule has 4 nitrogen and oxygen atoms in total. The summed E-state index contributed by atoms with van der Waals surface area (Å²) in [5.41, 5.74) is 1.14. The van der Waals surface area contributed by atoms with Gasteiger partial charge in [-0.1, -0.05) is 37.3 Å². The summed E-state index contributed by atoms with van der Waals surface area (Å²) in [5.74, 6) is 0. The molecule has 22 heavy (non-hydrogen) atoms. The molecule has 2 rings (SSSR count). The third-order valence-electron chi connectivity index (χ3n) is 2.70. The lowest BCUT2D eigenvalue weighted by Gasteiger charge is -2.05. The minimum atomic E-state index is -3.72. The standard InChI is InChI=1S/C14H14O2S.Cl2O2S/c1-2-12-8-10-14(11-9-12)17(15,16)13-6-4-3-5-7-13;1-5(2,3)4/h3-11H,2H2,1H3;. The molecule has 0 aliphatic carbocycles. The molecule has 0 saturated carbocycles. The van der Waals surface area contributed by atoms with E-state index in [1.54, 1.807) is 42.5 Å². The van der Waals surface area contributed by atoms with Crippen LogP contribution in [0.1, 0.15) is 12.5 Å². The lowest BCUT2D eigenvalue weighted by molar-refractivity contribution is 0.596. The second-order valence-electron chi connectivity index (χ2n) is 4.19. The molecule has 0 fully saturated rings. The Morgan fingerprint density at radius 1 is 0.773 bits per heavy atom. The van der Waals surface area contributed by atoms with Gasteiger partial charge in [0.25, 0.3) is 0 Å². The van der Waals surface area contributed by atoms with Crippen molar-refractivity contribution in [1.29, 1.82) is 0 Å². The third-order valence-corrected chi connectivity index (χ3v) is 4.48. The topological polar surface area (TPSA) is 68.3 Å². The molecule has 0 aliphatic rings. The van der Waals surface area contributed by atoms with Gasteiger partial charge in [-0.15, -0.1) is 0 Å². The molecule has 120 valence electrons. The maximum atomic E-state index is 12.2. The predicted octanol–water partition coefficient (Wildman–Crippen LogP) is 3.79. The third kappa shape index (κ3) is 6.36. The summed E-state index contributed by atoms with van der Waals surface area (Å²) in [5, 5.41) is 0. The molecule has 0 atom stereocenters. The van der Waals surface area contributed by atoms with Crippen molar-refractivity contribution >= 4 is 39.5 Å². The first-order valence-corrected chi connectivity index (χ1v) is 10.8. The Labute approximate surface area is 139 Å². The Balaban J connectivity index is 0.000000422. The van der Waals surface area contributed by atoms with E-state index < -0.39 is 18.1 Å².